The molecule has 0 spiro atoms. The molecular formula is C17H15F2NO. The molecule has 0 aromatic heterocycles. The van der Waals surface area contributed by atoms with Crippen molar-refractivity contribution in [2.75, 3.05) is 11.4 Å². The summed E-state index contributed by atoms with van der Waals surface area (Å²) in [5, 5.41) is 0. The van der Waals surface area contributed by atoms with Crippen molar-refractivity contribution in [3.8, 4) is 0 Å². The zero-order valence-electron chi connectivity index (χ0n) is 11.7. The van der Waals surface area contributed by atoms with Crippen LogP contribution in [-0.2, 0) is 6.42 Å². The maximum atomic E-state index is 13.5. The first kappa shape index (κ1) is 13.7. The van der Waals surface area contributed by atoms with Crippen LogP contribution in [-0.4, -0.2) is 12.5 Å². The second-order valence-electron chi connectivity index (χ2n) is 5.27. The van der Waals surface area contributed by atoms with Gasteiger partial charge in [0.05, 0.1) is 5.69 Å². The second-order valence-corrected chi connectivity index (χ2v) is 5.27. The van der Waals surface area contributed by atoms with E-state index in [4.69, 9.17) is 0 Å². The summed E-state index contributed by atoms with van der Waals surface area (Å²) < 4.78 is 26.9. The SMILES string of the molecule is Cc1ccccc1C(=O)N1CCCc2cc(F)c(F)cc21. The number of hydrogen-bond donors (Lipinski definition) is 0. The Kier molecular flexibility index (Phi) is 3.45. The monoisotopic (exact) mass is 287 g/mol. The molecule has 0 saturated heterocycles. The molecule has 1 heterocycles. The molecule has 0 fully saturated rings. The number of amides is 1. The Morgan fingerprint density at radius 3 is 2.62 bits per heavy atom. The van der Waals surface area contributed by atoms with Crippen LogP contribution < -0.4 is 4.90 Å². The van der Waals surface area contributed by atoms with E-state index in [1.54, 1.807) is 17.0 Å². The smallest absolute Gasteiger partial charge is 0.258 e. The highest BCUT2D eigenvalue weighted by Crippen LogP contribution is 2.30. The maximum absolute atomic E-state index is 13.5. The fourth-order valence-corrected chi connectivity index (χ4v) is 2.75. The van der Waals surface area contributed by atoms with E-state index in [-0.39, 0.29) is 5.91 Å². The van der Waals surface area contributed by atoms with Crippen molar-refractivity contribution in [3.63, 3.8) is 0 Å². The van der Waals surface area contributed by atoms with Crippen LogP contribution in [0, 0.1) is 18.6 Å². The number of halogens is 2. The van der Waals surface area contributed by atoms with Gasteiger partial charge in [-0.2, -0.15) is 0 Å². The zero-order valence-corrected chi connectivity index (χ0v) is 11.7. The Morgan fingerprint density at radius 2 is 1.86 bits per heavy atom. The molecule has 0 unspecified atom stereocenters. The molecule has 2 aromatic carbocycles. The third-order valence-corrected chi connectivity index (χ3v) is 3.86. The molecule has 4 heteroatoms. The lowest BCUT2D eigenvalue weighted by molar-refractivity contribution is 0.0984. The van der Waals surface area contributed by atoms with Crippen LogP contribution in [0.3, 0.4) is 0 Å². The average molecular weight is 287 g/mol. The van der Waals surface area contributed by atoms with Gasteiger partial charge in [-0.05, 0) is 43.0 Å². The molecule has 0 saturated carbocycles. The van der Waals surface area contributed by atoms with Gasteiger partial charge < -0.3 is 4.90 Å². The Bertz CT molecular complexity index is 712. The molecule has 1 aliphatic rings. The first-order valence-electron chi connectivity index (χ1n) is 6.93. The first-order valence-corrected chi connectivity index (χ1v) is 6.93. The van der Waals surface area contributed by atoms with Crippen LogP contribution in [0.25, 0.3) is 0 Å². The molecule has 2 aromatic rings. The third kappa shape index (κ3) is 2.42. The van der Waals surface area contributed by atoms with E-state index in [2.05, 4.69) is 0 Å². The van der Waals surface area contributed by atoms with E-state index in [0.717, 1.165) is 18.1 Å². The van der Waals surface area contributed by atoms with Crippen molar-refractivity contribution in [2.45, 2.75) is 19.8 Å². The fraction of sp³-hybridized carbons (Fsp3) is 0.235. The minimum Gasteiger partial charge on any atom is -0.308 e. The number of fused-ring (bicyclic) bond motifs is 1. The van der Waals surface area contributed by atoms with Crippen LogP contribution in [0.15, 0.2) is 36.4 Å². The number of aryl methyl sites for hydroxylation is 2. The lowest BCUT2D eigenvalue weighted by Gasteiger charge is -2.30. The van der Waals surface area contributed by atoms with Crippen LogP contribution in [0.2, 0.25) is 0 Å². The largest absolute Gasteiger partial charge is 0.308 e. The average Bonchev–Trinajstić information content (AvgIpc) is 2.48. The molecule has 108 valence electrons. The van der Waals surface area contributed by atoms with Gasteiger partial charge in [0, 0.05) is 18.2 Å². The van der Waals surface area contributed by atoms with Crippen molar-refractivity contribution < 1.29 is 13.6 Å². The summed E-state index contributed by atoms with van der Waals surface area (Å²) in [5.41, 5.74) is 2.63. The topological polar surface area (TPSA) is 20.3 Å². The molecule has 1 aliphatic heterocycles. The summed E-state index contributed by atoms with van der Waals surface area (Å²) in [6, 6.07) is 9.61. The van der Waals surface area contributed by atoms with Crippen molar-refractivity contribution in [3.05, 3.63) is 64.7 Å². The van der Waals surface area contributed by atoms with E-state index < -0.39 is 11.6 Å². The molecule has 0 aliphatic carbocycles. The number of rotatable bonds is 1. The van der Waals surface area contributed by atoms with Gasteiger partial charge in [-0.1, -0.05) is 18.2 Å². The Hall–Kier alpha value is -2.23. The molecule has 2 nitrogen and oxygen atoms in total. The molecule has 0 bridgehead atoms. The molecule has 3 rings (SSSR count). The summed E-state index contributed by atoms with van der Waals surface area (Å²) in [7, 11) is 0. The standard InChI is InChI=1S/C17H15F2NO/c1-11-5-2-3-7-13(11)17(21)20-8-4-6-12-9-14(18)15(19)10-16(12)20/h2-3,5,7,9-10H,4,6,8H2,1H3. The van der Waals surface area contributed by atoms with Crippen molar-refractivity contribution in [2.24, 2.45) is 0 Å². The van der Waals surface area contributed by atoms with Gasteiger partial charge in [0.25, 0.3) is 5.91 Å². The number of benzene rings is 2. The highest BCUT2D eigenvalue weighted by molar-refractivity contribution is 6.07. The predicted octanol–water partition coefficient (Wildman–Crippen LogP) is 3.87. The number of carbonyl (C=O) groups is 1. The van der Waals surface area contributed by atoms with Gasteiger partial charge in [-0.15, -0.1) is 0 Å². The van der Waals surface area contributed by atoms with Gasteiger partial charge in [0.2, 0.25) is 0 Å². The predicted molar refractivity (Wildman–Crippen MR) is 77.5 cm³/mol. The first-order chi connectivity index (χ1) is 10.1. The van der Waals surface area contributed by atoms with Crippen LogP contribution in [0.1, 0.15) is 27.9 Å². The van der Waals surface area contributed by atoms with E-state index in [9.17, 15) is 13.6 Å². The molecule has 0 N–H and O–H groups in total. The summed E-state index contributed by atoms with van der Waals surface area (Å²) in [4.78, 5) is 14.2. The minimum atomic E-state index is -0.918. The number of nitrogens with zero attached hydrogens (tertiary/aromatic N) is 1. The lowest BCUT2D eigenvalue weighted by Crippen LogP contribution is -2.36. The molecular weight excluding hydrogens is 272 g/mol. The Labute approximate surface area is 122 Å². The van der Waals surface area contributed by atoms with E-state index in [1.807, 2.05) is 19.1 Å². The molecule has 21 heavy (non-hydrogen) atoms. The number of carbonyl (C=O) groups excluding carboxylic acids is 1. The van der Waals surface area contributed by atoms with Gasteiger partial charge >= 0.3 is 0 Å². The maximum Gasteiger partial charge on any atom is 0.258 e. The van der Waals surface area contributed by atoms with Crippen LogP contribution in [0.4, 0.5) is 14.5 Å². The van der Waals surface area contributed by atoms with Crippen LogP contribution >= 0.6 is 0 Å². The van der Waals surface area contributed by atoms with Crippen molar-refractivity contribution in [1.82, 2.24) is 0 Å². The molecule has 0 radical (unpaired) electrons. The molecule has 1 amide bonds. The van der Waals surface area contributed by atoms with E-state index >= 15 is 0 Å². The minimum absolute atomic E-state index is 0.167. The summed E-state index contributed by atoms with van der Waals surface area (Å²) in [6.45, 7) is 2.38. The quantitative estimate of drug-likeness (QED) is 0.779. The van der Waals surface area contributed by atoms with E-state index in [0.29, 0.717) is 29.8 Å². The lowest BCUT2D eigenvalue weighted by atomic mass is 9.99. The summed E-state index contributed by atoms with van der Waals surface area (Å²) in [6.07, 6.45) is 1.40. The second kappa shape index (κ2) is 5.28. The third-order valence-electron chi connectivity index (χ3n) is 3.86. The van der Waals surface area contributed by atoms with Gasteiger partial charge in [-0.25, -0.2) is 8.78 Å². The van der Waals surface area contributed by atoms with Crippen LogP contribution in [0.5, 0.6) is 0 Å². The fourth-order valence-electron chi connectivity index (χ4n) is 2.75. The number of hydrogen-bond acceptors (Lipinski definition) is 1. The van der Waals surface area contributed by atoms with Crippen molar-refractivity contribution in [1.29, 1.82) is 0 Å². The normalized spacial score (nSPS) is 14.0. The Balaban J connectivity index is 2.04. The highest BCUT2D eigenvalue weighted by Gasteiger charge is 2.26. The highest BCUT2D eigenvalue weighted by atomic mass is 19.2. The molecule has 0 atom stereocenters. The summed E-state index contributed by atoms with van der Waals surface area (Å²) >= 11 is 0. The van der Waals surface area contributed by atoms with Gasteiger partial charge in [0.1, 0.15) is 0 Å². The van der Waals surface area contributed by atoms with E-state index in [1.165, 1.54) is 6.07 Å². The van der Waals surface area contributed by atoms with Crippen molar-refractivity contribution >= 4 is 11.6 Å². The summed E-state index contributed by atoms with van der Waals surface area (Å²) in [5.74, 6) is -1.95. The Morgan fingerprint density at radius 1 is 1.14 bits per heavy atom. The van der Waals surface area contributed by atoms with Gasteiger partial charge in [0.15, 0.2) is 11.6 Å². The van der Waals surface area contributed by atoms with Gasteiger partial charge in [-0.3, -0.25) is 4.79 Å². The zero-order chi connectivity index (χ0) is 15.0. The number of anilines is 1.